The van der Waals surface area contributed by atoms with Crippen LogP contribution in [0.2, 0.25) is 0 Å². The van der Waals surface area contributed by atoms with Crippen LogP contribution >= 0.6 is 15.9 Å². The zero-order chi connectivity index (χ0) is 15.4. The van der Waals surface area contributed by atoms with Gasteiger partial charge < -0.3 is 9.84 Å². The minimum absolute atomic E-state index is 0.0477. The van der Waals surface area contributed by atoms with E-state index >= 15 is 0 Å². The molecule has 0 radical (unpaired) electrons. The summed E-state index contributed by atoms with van der Waals surface area (Å²) in [7, 11) is 1.58. The summed E-state index contributed by atoms with van der Waals surface area (Å²) in [5, 5.41) is 10.2. The van der Waals surface area contributed by atoms with Crippen molar-refractivity contribution in [3.63, 3.8) is 0 Å². The second-order valence-electron chi connectivity index (χ2n) is 4.64. The quantitative estimate of drug-likeness (QED) is 0.843. The largest absolute Gasteiger partial charge is 0.497 e. The van der Waals surface area contributed by atoms with Gasteiger partial charge >= 0.3 is 0 Å². The summed E-state index contributed by atoms with van der Waals surface area (Å²) in [6.07, 6.45) is -2.89. The molecule has 1 atom stereocenters. The van der Waals surface area contributed by atoms with Crippen molar-refractivity contribution in [3.05, 3.63) is 63.6 Å². The lowest BCUT2D eigenvalue weighted by molar-refractivity contribution is 0.151. The SMILES string of the molecule is COc1ccc(Br)c(CC(O)c2ccc(C(F)F)cc2)c1. The van der Waals surface area contributed by atoms with Gasteiger partial charge in [0.2, 0.25) is 0 Å². The van der Waals surface area contributed by atoms with E-state index < -0.39 is 12.5 Å². The van der Waals surface area contributed by atoms with E-state index in [2.05, 4.69) is 15.9 Å². The van der Waals surface area contributed by atoms with Gasteiger partial charge in [-0.05, 0) is 29.3 Å². The van der Waals surface area contributed by atoms with Crippen molar-refractivity contribution in [1.82, 2.24) is 0 Å². The van der Waals surface area contributed by atoms with Crippen LogP contribution in [0.3, 0.4) is 0 Å². The topological polar surface area (TPSA) is 29.5 Å². The molecule has 2 rings (SSSR count). The lowest BCUT2D eigenvalue weighted by atomic mass is 10.0. The van der Waals surface area contributed by atoms with Crippen molar-refractivity contribution in [2.24, 2.45) is 0 Å². The Kier molecular flexibility index (Phi) is 5.31. The second-order valence-corrected chi connectivity index (χ2v) is 5.50. The number of rotatable bonds is 5. The Balaban J connectivity index is 2.15. The summed E-state index contributed by atoms with van der Waals surface area (Å²) < 4.78 is 31.0. The highest BCUT2D eigenvalue weighted by Gasteiger charge is 2.13. The Labute approximate surface area is 130 Å². The molecule has 0 amide bonds. The summed E-state index contributed by atoms with van der Waals surface area (Å²) in [6, 6.07) is 11.2. The van der Waals surface area contributed by atoms with Crippen molar-refractivity contribution in [2.45, 2.75) is 19.0 Å². The molecule has 2 aromatic carbocycles. The molecule has 1 N–H and O–H groups in total. The highest BCUT2D eigenvalue weighted by molar-refractivity contribution is 9.10. The molecule has 0 aliphatic heterocycles. The third kappa shape index (κ3) is 4.02. The molecule has 0 saturated heterocycles. The van der Waals surface area contributed by atoms with E-state index in [1.807, 2.05) is 18.2 Å². The fourth-order valence-electron chi connectivity index (χ4n) is 2.02. The number of ether oxygens (including phenoxy) is 1. The van der Waals surface area contributed by atoms with Crippen LogP contribution in [0, 0.1) is 0 Å². The zero-order valence-electron chi connectivity index (χ0n) is 11.4. The summed E-state index contributed by atoms with van der Waals surface area (Å²) in [6.45, 7) is 0. The zero-order valence-corrected chi connectivity index (χ0v) is 13.0. The third-order valence-electron chi connectivity index (χ3n) is 3.24. The average molecular weight is 357 g/mol. The van der Waals surface area contributed by atoms with Gasteiger partial charge in [0.25, 0.3) is 6.43 Å². The van der Waals surface area contributed by atoms with Crippen LogP contribution in [-0.4, -0.2) is 12.2 Å². The van der Waals surface area contributed by atoms with Crippen LogP contribution in [0.15, 0.2) is 46.9 Å². The first kappa shape index (κ1) is 15.9. The minimum atomic E-state index is -2.50. The molecule has 112 valence electrons. The molecule has 21 heavy (non-hydrogen) atoms. The van der Waals surface area contributed by atoms with E-state index in [1.54, 1.807) is 7.11 Å². The number of hydrogen-bond acceptors (Lipinski definition) is 2. The van der Waals surface area contributed by atoms with E-state index in [4.69, 9.17) is 4.74 Å². The van der Waals surface area contributed by atoms with Crippen molar-refractivity contribution >= 4 is 15.9 Å². The number of aliphatic hydroxyl groups is 1. The first-order valence-electron chi connectivity index (χ1n) is 6.39. The fourth-order valence-corrected chi connectivity index (χ4v) is 2.43. The molecular weight excluding hydrogens is 342 g/mol. The van der Waals surface area contributed by atoms with E-state index in [0.717, 1.165) is 10.0 Å². The van der Waals surface area contributed by atoms with Gasteiger partial charge in [-0.15, -0.1) is 0 Å². The lowest BCUT2D eigenvalue weighted by Crippen LogP contribution is -2.03. The van der Waals surface area contributed by atoms with Gasteiger partial charge in [-0.1, -0.05) is 40.2 Å². The summed E-state index contributed by atoms with van der Waals surface area (Å²) >= 11 is 3.43. The van der Waals surface area contributed by atoms with Gasteiger partial charge in [0, 0.05) is 16.5 Å². The molecule has 2 nitrogen and oxygen atoms in total. The molecule has 2 aromatic rings. The first-order valence-corrected chi connectivity index (χ1v) is 7.19. The average Bonchev–Trinajstić information content (AvgIpc) is 2.49. The Hall–Kier alpha value is -1.46. The smallest absolute Gasteiger partial charge is 0.263 e. The molecule has 0 aliphatic carbocycles. The van der Waals surface area contributed by atoms with Crippen molar-refractivity contribution in [3.8, 4) is 5.75 Å². The highest BCUT2D eigenvalue weighted by Crippen LogP contribution is 2.28. The molecule has 0 aromatic heterocycles. The Morgan fingerprint density at radius 2 is 1.71 bits per heavy atom. The highest BCUT2D eigenvalue weighted by atomic mass is 79.9. The van der Waals surface area contributed by atoms with Crippen LogP contribution < -0.4 is 4.74 Å². The number of halogens is 3. The Morgan fingerprint density at radius 3 is 2.29 bits per heavy atom. The molecule has 1 unspecified atom stereocenters. The van der Waals surface area contributed by atoms with Crippen LogP contribution in [0.4, 0.5) is 8.78 Å². The molecule has 0 spiro atoms. The van der Waals surface area contributed by atoms with E-state index in [-0.39, 0.29) is 5.56 Å². The van der Waals surface area contributed by atoms with Gasteiger partial charge in [-0.25, -0.2) is 8.78 Å². The first-order chi connectivity index (χ1) is 10.0. The van der Waals surface area contributed by atoms with E-state index in [0.29, 0.717) is 17.7 Å². The van der Waals surface area contributed by atoms with Crippen molar-refractivity contribution in [1.29, 1.82) is 0 Å². The number of benzene rings is 2. The van der Waals surface area contributed by atoms with Crippen LogP contribution in [0.25, 0.3) is 0 Å². The van der Waals surface area contributed by atoms with Crippen LogP contribution in [-0.2, 0) is 6.42 Å². The maximum absolute atomic E-state index is 12.5. The van der Waals surface area contributed by atoms with E-state index in [1.165, 1.54) is 24.3 Å². The summed E-state index contributed by atoms with van der Waals surface area (Å²) in [5.74, 6) is 0.702. The second kappa shape index (κ2) is 7.00. The normalized spacial score (nSPS) is 12.5. The predicted octanol–water partition coefficient (Wildman–Crippen LogP) is 4.67. The van der Waals surface area contributed by atoms with Crippen molar-refractivity contribution in [2.75, 3.05) is 7.11 Å². The summed E-state index contributed by atoms with van der Waals surface area (Å²) in [4.78, 5) is 0. The standard InChI is InChI=1S/C16H15BrF2O2/c1-21-13-6-7-14(17)12(8-13)9-15(20)10-2-4-11(5-3-10)16(18)19/h2-8,15-16,20H,9H2,1H3. The number of aliphatic hydroxyl groups excluding tert-OH is 1. The molecule has 0 saturated carbocycles. The molecule has 0 aliphatic rings. The predicted molar refractivity (Wildman–Crippen MR) is 80.8 cm³/mol. The van der Waals surface area contributed by atoms with Gasteiger partial charge in [-0.2, -0.15) is 0 Å². The maximum Gasteiger partial charge on any atom is 0.263 e. The molecule has 5 heteroatoms. The molecular formula is C16H15BrF2O2. The summed E-state index contributed by atoms with van der Waals surface area (Å²) in [5.41, 5.74) is 1.45. The van der Waals surface area contributed by atoms with Gasteiger partial charge in [0.1, 0.15) is 5.75 Å². The van der Waals surface area contributed by atoms with Crippen molar-refractivity contribution < 1.29 is 18.6 Å². The molecule has 0 bridgehead atoms. The van der Waals surface area contributed by atoms with Crippen LogP contribution in [0.5, 0.6) is 5.75 Å². The third-order valence-corrected chi connectivity index (χ3v) is 4.01. The monoisotopic (exact) mass is 356 g/mol. The van der Waals surface area contributed by atoms with Gasteiger partial charge in [-0.3, -0.25) is 0 Å². The maximum atomic E-state index is 12.5. The number of alkyl halides is 2. The lowest BCUT2D eigenvalue weighted by Gasteiger charge is -2.14. The minimum Gasteiger partial charge on any atom is -0.497 e. The van der Waals surface area contributed by atoms with Gasteiger partial charge in [0.05, 0.1) is 13.2 Å². The van der Waals surface area contributed by atoms with Crippen LogP contribution in [0.1, 0.15) is 29.2 Å². The van der Waals surface area contributed by atoms with E-state index in [9.17, 15) is 13.9 Å². The number of hydrogen-bond donors (Lipinski definition) is 1. The Bertz CT molecular complexity index is 600. The number of methoxy groups -OCH3 is 1. The fraction of sp³-hybridized carbons (Fsp3) is 0.250. The molecule has 0 heterocycles. The Morgan fingerprint density at radius 1 is 1.10 bits per heavy atom. The van der Waals surface area contributed by atoms with Gasteiger partial charge in [0.15, 0.2) is 0 Å². The molecule has 0 fully saturated rings.